The normalized spacial score (nSPS) is 17.4. The number of carbonyl (C=O) groups is 1. The number of rotatable bonds is 5. The van der Waals surface area contributed by atoms with Crippen LogP contribution in [0.15, 0.2) is 18.2 Å². The SMILES string of the molecule is CCC(CNC(=O)c1cccc(C)n1)N1CCCC1. The van der Waals surface area contributed by atoms with Crippen molar-refractivity contribution in [1.82, 2.24) is 15.2 Å². The number of likely N-dealkylation sites (tertiary alicyclic amines) is 1. The molecule has 0 radical (unpaired) electrons. The molecular formula is C15H23N3O. The van der Waals surface area contributed by atoms with Crippen molar-refractivity contribution in [2.45, 2.75) is 39.2 Å². The van der Waals surface area contributed by atoms with Gasteiger partial charge in [0.15, 0.2) is 0 Å². The Balaban J connectivity index is 1.88. The van der Waals surface area contributed by atoms with Gasteiger partial charge in [0, 0.05) is 18.3 Å². The van der Waals surface area contributed by atoms with Gasteiger partial charge in [-0.1, -0.05) is 13.0 Å². The molecule has 1 aromatic rings. The first-order chi connectivity index (χ1) is 9.20. The summed E-state index contributed by atoms with van der Waals surface area (Å²) in [6.07, 6.45) is 3.63. The summed E-state index contributed by atoms with van der Waals surface area (Å²) in [6, 6.07) is 5.99. The van der Waals surface area contributed by atoms with Gasteiger partial charge >= 0.3 is 0 Å². The highest BCUT2D eigenvalue weighted by Crippen LogP contribution is 2.13. The molecule has 4 nitrogen and oxygen atoms in total. The molecule has 0 saturated carbocycles. The van der Waals surface area contributed by atoms with Crippen molar-refractivity contribution in [3.63, 3.8) is 0 Å². The average Bonchev–Trinajstić information content (AvgIpc) is 2.93. The summed E-state index contributed by atoms with van der Waals surface area (Å²) in [5.74, 6) is -0.0682. The van der Waals surface area contributed by atoms with Crippen LogP contribution in [0.4, 0.5) is 0 Å². The second-order valence-corrected chi connectivity index (χ2v) is 5.18. The maximum absolute atomic E-state index is 12.0. The van der Waals surface area contributed by atoms with Crippen molar-refractivity contribution in [3.8, 4) is 0 Å². The second-order valence-electron chi connectivity index (χ2n) is 5.18. The second kappa shape index (κ2) is 6.66. The first-order valence-corrected chi connectivity index (χ1v) is 7.16. The number of aryl methyl sites for hydroxylation is 1. The zero-order valence-electron chi connectivity index (χ0n) is 11.9. The quantitative estimate of drug-likeness (QED) is 0.881. The maximum Gasteiger partial charge on any atom is 0.269 e. The number of amides is 1. The molecule has 0 bridgehead atoms. The predicted molar refractivity (Wildman–Crippen MR) is 76.2 cm³/mol. The molecule has 1 atom stereocenters. The monoisotopic (exact) mass is 261 g/mol. The minimum Gasteiger partial charge on any atom is -0.349 e. The van der Waals surface area contributed by atoms with Gasteiger partial charge in [0.1, 0.15) is 5.69 Å². The fourth-order valence-electron chi connectivity index (χ4n) is 2.61. The van der Waals surface area contributed by atoms with Gasteiger partial charge in [-0.05, 0) is 51.4 Å². The molecule has 2 heterocycles. The van der Waals surface area contributed by atoms with E-state index in [9.17, 15) is 4.79 Å². The smallest absolute Gasteiger partial charge is 0.269 e. The number of hydrogen-bond donors (Lipinski definition) is 1. The molecule has 0 aromatic carbocycles. The predicted octanol–water partition coefficient (Wildman–Crippen LogP) is 1.99. The Labute approximate surface area is 115 Å². The standard InChI is InChI=1S/C15H23N3O/c1-3-13(18-9-4-5-10-18)11-16-15(19)14-8-6-7-12(2)17-14/h6-8,13H,3-5,9-11H2,1-2H3,(H,16,19). The zero-order chi connectivity index (χ0) is 13.7. The fourth-order valence-corrected chi connectivity index (χ4v) is 2.61. The highest BCUT2D eigenvalue weighted by atomic mass is 16.1. The molecule has 19 heavy (non-hydrogen) atoms. The lowest BCUT2D eigenvalue weighted by molar-refractivity contribution is 0.0932. The van der Waals surface area contributed by atoms with Crippen LogP contribution < -0.4 is 5.32 Å². The van der Waals surface area contributed by atoms with E-state index < -0.39 is 0 Å². The van der Waals surface area contributed by atoms with Crippen LogP contribution in [0, 0.1) is 6.92 Å². The lowest BCUT2D eigenvalue weighted by atomic mass is 10.2. The maximum atomic E-state index is 12.0. The molecule has 1 fully saturated rings. The van der Waals surface area contributed by atoms with E-state index in [0.29, 0.717) is 18.3 Å². The number of aromatic nitrogens is 1. The molecule has 4 heteroatoms. The molecular weight excluding hydrogens is 238 g/mol. The van der Waals surface area contributed by atoms with Gasteiger partial charge in [-0.3, -0.25) is 9.69 Å². The van der Waals surface area contributed by atoms with Gasteiger partial charge in [0.25, 0.3) is 5.91 Å². The van der Waals surface area contributed by atoms with Crippen LogP contribution in [0.1, 0.15) is 42.4 Å². The Morgan fingerprint density at radius 3 is 2.79 bits per heavy atom. The van der Waals surface area contributed by atoms with Crippen molar-refractivity contribution in [3.05, 3.63) is 29.6 Å². The molecule has 2 rings (SSSR count). The van der Waals surface area contributed by atoms with Crippen LogP contribution in [0.25, 0.3) is 0 Å². The van der Waals surface area contributed by atoms with Crippen molar-refractivity contribution < 1.29 is 4.79 Å². The van der Waals surface area contributed by atoms with Gasteiger partial charge in [-0.15, -0.1) is 0 Å². The minimum absolute atomic E-state index is 0.0682. The summed E-state index contributed by atoms with van der Waals surface area (Å²) in [5.41, 5.74) is 1.38. The van der Waals surface area contributed by atoms with Gasteiger partial charge in [0.2, 0.25) is 0 Å². The Morgan fingerprint density at radius 1 is 1.42 bits per heavy atom. The summed E-state index contributed by atoms with van der Waals surface area (Å²) in [7, 11) is 0. The molecule has 1 aliphatic rings. The zero-order valence-corrected chi connectivity index (χ0v) is 11.9. The molecule has 1 unspecified atom stereocenters. The molecule has 1 aliphatic heterocycles. The Kier molecular flexibility index (Phi) is 4.91. The van der Waals surface area contributed by atoms with Crippen LogP contribution in [0.2, 0.25) is 0 Å². The number of carbonyl (C=O) groups excluding carboxylic acids is 1. The summed E-state index contributed by atoms with van der Waals surface area (Å²) >= 11 is 0. The third kappa shape index (κ3) is 3.77. The van der Waals surface area contributed by atoms with Crippen molar-refractivity contribution in [1.29, 1.82) is 0 Å². The van der Waals surface area contributed by atoms with Crippen LogP contribution in [-0.2, 0) is 0 Å². The average molecular weight is 261 g/mol. The molecule has 1 aromatic heterocycles. The highest BCUT2D eigenvalue weighted by molar-refractivity contribution is 5.92. The first kappa shape index (κ1) is 14.0. The van der Waals surface area contributed by atoms with E-state index in [-0.39, 0.29) is 5.91 Å². The number of pyridine rings is 1. The summed E-state index contributed by atoms with van der Waals surface area (Å²) in [4.78, 5) is 18.8. The summed E-state index contributed by atoms with van der Waals surface area (Å²) in [5, 5.41) is 3.01. The Morgan fingerprint density at radius 2 is 2.16 bits per heavy atom. The van der Waals surface area contributed by atoms with Gasteiger partial charge < -0.3 is 5.32 Å². The molecule has 1 N–H and O–H groups in total. The highest BCUT2D eigenvalue weighted by Gasteiger charge is 2.21. The number of nitrogens with zero attached hydrogens (tertiary/aromatic N) is 2. The summed E-state index contributed by atoms with van der Waals surface area (Å²) in [6.45, 7) is 7.12. The van der Waals surface area contributed by atoms with Crippen molar-refractivity contribution in [2.75, 3.05) is 19.6 Å². The number of hydrogen-bond acceptors (Lipinski definition) is 3. The largest absolute Gasteiger partial charge is 0.349 e. The van der Waals surface area contributed by atoms with E-state index in [1.807, 2.05) is 19.1 Å². The van der Waals surface area contributed by atoms with Crippen LogP contribution >= 0.6 is 0 Å². The van der Waals surface area contributed by atoms with Gasteiger partial charge in [-0.2, -0.15) is 0 Å². The van der Waals surface area contributed by atoms with E-state index >= 15 is 0 Å². The van der Waals surface area contributed by atoms with E-state index in [4.69, 9.17) is 0 Å². The third-order valence-corrected chi connectivity index (χ3v) is 3.75. The summed E-state index contributed by atoms with van der Waals surface area (Å²) < 4.78 is 0. The topological polar surface area (TPSA) is 45.2 Å². The van der Waals surface area contributed by atoms with Crippen LogP contribution in [0.3, 0.4) is 0 Å². The molecule has 1 amide bonds. The Hall–Kier alpha value is -1.42. The fraction of sp³-hybridized carbons (Fsp3) is 0.600. The van der Waals surface area contributed by atoms with E-state index in [2.05, 4.69) is 22.1 Å². The van der Waals surface area contributed by atoms with E-state index in [1.54, 1.807) is 6.07 Å². The van der Waals surface area contributed by atoms with Crippen molar-refractivity contribution in [2.24, 2.45) is 0 Å². The van der Waals surface area contributed by atoms with E-state index in [1.165, 1.54) is 12.8 Å². The van der Waals surface area contributed by atoms with Crippen LogP contribution in [-0.4, -0.2) is 41.5 Å². The Bertz CT molecular complexity index is 427. The minimum atomic E-state index is -0.0682. The van der Waals surface area contributed by atoms with Gasteiger partial charge in [-0.25, -0.2) is 4.98 Å². The molecule has 0 aliphatic carbocycles. The molecule has 104 valence electrons. The lowest BCUT2D eigenvalue weighted by Gasteiger charge is -2.26. The molecule has 1 saturated heterocycles. The van der Waals surface area contributed by atoms with Crippen LogP contribution in [0.5, 0.6) is 0 Å². The third-order valence-electron chi connectivity index (χ3n) is 3.75. The molecule has 0 spiro atoms. The van der Waals surface area contributed by atoms with Gasteiger partial charge in [0.05, 0.1) is 0 Å². The first-order valence-electron chi connectivity index (χ1n) is 7.16. The van der Waals surface area contributed by atoms with E-state index in [0.717, 1.165) is 25.2 Å². The number of nitrogens with one attached hydrogen (secondary N) is 1. The lowest BCUT2D eigenvalue weighted by Crippen LogP contribution is -2.42. The van der Waals surface area contributed by atoms with Crippen molar-refractivity contribution >= 4 is 5.91 Å².